The second-order valence-electron chi connectivity index (χ2n) is 6.75. The third-order valence-corrected chi connectivity index (χ3v) is 4.62. The molecule has 150 valence electrons. The van der Waals surface area contributed by atoms with Crippen molar-refractivity contribution >= 4 is 5.96 Å². The minimum Gasteiger partial charge on any atom is -0.357 e. The fourth-order valence-corrected chi connectivity index (χ4v) is 3.17. The van der Waals surface area contributed by atoms with Crippen LogP contribution in [0.25, 0.3) is 11.6 Å². The van der Waals surface area contributed by atoms with E-state index in [1.807, 2.05) is 24.3 Å². The van der Waals surface area contributed by atoms with Gasteiger partial charge in [-0.05, 0) is 31.9 Å². The van der Waals surface area contributed by atoms with Crippen molar-refractivity contribution in [1.29, 1.82) is 0 Å². The Morgan fingerprint density at radius 1 is 1.39 bits per heavy atom. The van der Waals surface area contributed by atoms with Gasteiger partial charge in [0, 0.05) is 51.4 Å². The maximum atomic E-state index is 5.29. The van der Waals surface area contributed by atoms with Gasteiger partial charge >= 0.3 is 0 Å². The van der Waals surface area contributed by atoms with Crippen LogP contribution in [0.2, 0.25) is 0 Å². The van der Waals surface area contributed by atoms with Crippen LogP contribution in [0.15, 0.2) is 46.6 Å². The summed E-state index contributed by atoms with van der Waals surface area (Å²) in [5.74, 6) is 1.92. The van der Waals surface area contributed by atoms with Crippen LogP contribution in [0, 0.1) is 0 Å². The zero-order valence-corrected chi connectivity index (χ0v) is 16.5. The molecule has 0 radical (unpaired) electrons. The highest BCUT2D eigenvalue weighted by Crippen LogP contribution is 2.13. The largest absolute Gasteiger partial charge is 0.357 e. The SMILES string of the molecule is C=CCN1CCC(NC(=NCCc2noc(-c3ccccn3)n2)NCC)CC1. The molecule has 3 rings (SSSR count). The Hall–Kier alpha value is -2.74. The number of nitrogens with one attached hydrogen (secondary N) is 2. The number of pyridine rings is 1. The minimum atomic E-state index is 0.441. The van der Waals surface area contributed by atoms with Crippen molar-refractivity contribution in [2.75, 3.05) is 32.7 Å². The molecule has 2 aromatic heterocycles. The molecule has 3 heterocycles. The number of rotatable bonds is 8. The molecule has 1 saturated heterocycles. The minimum absolute atomic E-state index is 0.441. The van der Waals surface area contributed by atoms with Gasteiger partial charge in [-0.2, -0.15) is 4.98 Å². The maximum Gasteiger partial charge on any atom is 0.276 e. The van der Waals surface area contributed by atoms with E-state index < -0.39 is 0 Å². The lowest BCUT2D eigenvalue weighted by atomic mass is 10.1. The van der Waals surface area contributed by atoms with Crippen LogP contribution in [0.4, 0.5) is 0 Å². The molecule has 0 bridgehead atoms. The van der Waals surface area contributed by atoms with Gasteiger partial charge in [-0.1, -0.05) is 17.3 Å². The van der Waals surface area contributed by atoms with E-state index in [1.54, 1.807) is 6.20 Å². The molecule has 1 aliphatic heterocycles. The number of hydrogen-bond acceptors (Lipinski definition) is 6. The van der Waals surface area contributed by atoms with Crippen molar-refractivity contribution in [3.8, 4) is 11.6 Å². The first-order valence-electron chi connectivity index (χ1n) is 9.90. The van der Waals surface area contributed by atoms with Crippen molar-refractivity contribution in [1.82, 2.24) is 30.7 Å². The molecule has 1 fully saturated rings. The zero-order valence-electron chi connectivity index (χ0n) is 16.5. The molecule has 8 heteroatoms. The first kappa shape index (κ1) is 20.0. The number of nitrogens with zero attached hydrogens (tertiary/aromatic N) is 5. The summed E-state index contributed by atoms with van der Waals surface area (Å²) in [4.78, 5) is 15.7. The fraction of sp³-hybridized carbons (Fsp3) is 0.500. The van der Waals surface area contributed by atoms with E-state index in [0.29, 0.717) is 36.4 Å². The van der Waals surface area contributed by atoms with Crippen LogP contribution in [0.3, 0.4) is 0 Å². The third-order valence-electron chi connectivity index (χ3n) is 4.62. The number of aromatic nitrogens is 3. The quantitative estimate of drug-likeness (QED) is 0.408. The molecule has 0 unspecified atom stereocenters. The van der Waals surface area contributed by atoms with E-state index in [4.69, 9.17) is 4.52 Å². The molecule has 0 spiro atoms. The van der Waals surface area contributed by atoms with Crippen molar-refractivity contribution < 1.29 is 4.52 Å². The molecule has 28 heavy (non-hydrogen) atoms. The molecule has 0 amide bonds. The van der Waals surface area contributed by atoms with Crippen LogP contribution in [0.1, 0.15) is 25.6 Å². The molecular weight excluding hydrogens is 354 g/mol. The van der Waals surface area contributed by atoms with Crippen molar-refractivity contribution in [3.05, 3.63) is 42.9 Å². The number of aliphatic imine (C=N–C) groups is 1. The molecule has 0 atom stereocenters. The Kier molecular flexibility index (Phi) is 7.54. The smallest absolute Gasteiger partial charge is 0.276 e. The summed E-state index contributed by atoms with van der Waals surface area (Å²) in [5.41, 5.74) is 0.683. The van der Waals surface area contributed by atoms with Gasteiger partial charge in [-0.15, -0.1) is 6.58 Å². The Balaban J connectivity index is 1.49. The first-order chi connectivity index (χ1) is 13.8. The second-order valence-corrected chi connectivity index (χ2v) is 6.75. The second kappa shape index (κ2) is 10.6. The van der Waals surface area contributed by atoms with E-state index in [9.17, 15) is 0 Å². The zero-order chi connectivity index (χ0) is 19.6. The summed E-state index contributed by atoms with van der Waals surface area (Å²) < 4.78 is 5.29. The highest BCUT2D eigenvalue weighted by molar-refractivity contribution is 5.80. The van der Waals surface area contributed by atoms with Crippen LogP contribution in [-0.4, -0.2) is 64.7 Å². The van der Waals surface area contributed by atoms with Crippen molar-refractivity contribution in [3.63, 3.8) is 0 Å². The summed E-state index contributed by atoms with van der Waals surface area (Å²) >= 11 is 0. The molecular formula is C20H29N7O. The predicted octanol–water partition coefficient (Wildman–Crippen LogP) is 1.88. The van der Waals surface area contributed by atoms with Gasteiger partial charge < -0.3 is 15.2 Å². The van der Waals surface area contributed by atoms with E-state index in [0.717, 1.165) is 45.0 Å². The van der Waals surface area contributed by atoms with E-state index >= 15 is 0 Å². The lowest BCUT2D eigenvalue weighted by Gasteiger charge is -2.32. The standard InChI is InChI=1S/C20H29N7O/c1-3-13-27-14-9-16(10-15-27)24-20(21-4-2)23-12-8-18-25-19(28-26-18)17-7-5-6-11-22-17/h3,5-7,11,16H,1,4,8-10,12-15H2,2H3,(H2,21,23,24). The Labute approximate surface area is 166 Å². The fourth-order valence-electron chi connectivity index (χ4n) is 3.17. The molecule has 0 aliphatic carbocycles. The van der Waals surface area contributed by atoms with Crippen molar-refractivity contribution in [2.45, 2.75) is 32.2 Å². The Morgan fingerprint density at radius 3 is 2.96 bits per heavy atom. The van der Waals surface area contributed by atoms with Crippen LogP contribution < -0.4 is 10.6 Å². The lowest BCUT2D eigenvalue weighted by molar-refractivity contribution is 0.225. The van der Waals surface area contributed by atoms with Gasteiger partial charge in [0.15, 0.2) is 11.8 Å². The molecule has 1 aliphatic rings. The van der Waals surface area contributed by atoms with Crippen LogP contribution >= 0.6 is 0 Å². The van der Waals surface area contributed by atoms with Gasteiger partial charge in [0.2, 0.25) is 0 Å². The highest BCUT2D eigenvalue weighted by atomic mass is 16.5. The number of guanidine groups is 1. The van der Waals surface area contributed by atoms with Gasteiger partial charge in [0.05, 0.1) is 0 Å². The number of piperidine rings is 1. The van der Waals surface area contributed by atoms with Crippen molar-refractivity contribution in [2.24, 2.45) is 4.99 Å². The van der Waals surface area contributed by atoms with Gasteiger partial charge in [0.25, 0.3) is 5.89 Å². The van der Waals surface area contributed by atoms with Gasteiger partial charge in [-0.3, -0.25) is 14.9 Å². The predicted molar refractivity (Wildman–Crippen MR) is 110 cm³/mol. The monoisotopic (exact) mass is 383 g/mol. The Morgan fingerprint density at radius 2 is 2.25 bits per heavy atom. The normalized spacial score (nSPS) is 16.1. The van der Waals surface area contributed by atoms with Gasteiger partial charge in [-0.25, -0.2) is 0 Å². The number of likely N-dealkylation sites (tertiary alicyclic amines) is 1. The maximum absolute atomic E-state index is 5.29. The van der Waals surface area contributed by atoms with E-state index in [2.05, 4.69) is 49.2 Å². The van der Waals surface area contributed by atoms with Gasteiger partial charge in [0.1, 0.15) is 5.69 Å². The average molecular weight is 384 g/mol. The number of hydrogen-bond donors (Lipinski definition) is 2. The summed E-state index contributed by atoms with van der Waals surface area (Å²) in [6, 6.07) is 6.05. The third kappa shape index (κ3) is 5.88. The topological polar surface area (TPSA) is 91.5 Å². The summed E-state index contributed by atoms with van der Waals surface area (Å²) in [5, 5.41) is 10.9. The van der Waals surface area contributed by atoms with Crippen LogP contribution in [-0.2, 0) is 6.42 Å². The molecule has 0 aromatic carbocycles. The molecule has 8 nitrogen and oxygen atoms in total. The van der Waals surface area contributed by atoms with Crippen LogP contribution in [0.5, 0.6) is 0 Å². The average Bonchev–Trinajstić information content (AvgIpc) is 3.19. The Bertz CT molecular complexity index is 751. The molecule has 2 aromatic rings. The molecule has 2 N–H and O–H groups in total. The summed E-state index contributed by atoms with van der Waals surface area (Å²) in [7, 11) is 0. The van der Waals surface area contributed by atoms with E-state index in [-0.39, 0.29) is 0 Å². The summed E-state index contributed by atoms with van der Waals surface area (Å²) in [6.07, 6.45) is 6.51. The lowest BCUT2D eigenvalue weighted by Crippen LogP contribution is -2.48. The highest BCUT2D eigenvalue weighted by Gasteiger charge is 2.19. The first-order valence-corrected chi connectivity index (χ1v) is 9.90. The van der Waals surface area contributed by atoms with E-state index in [1.165, 1.54) is 0 Å². The summed E-state index contributed by atoms with van der Waals surface area (Å²) in [6.45, 7) is 10.4. The molecule has 0 saturated carbocycles.